The molecule has 1 aromatic carbocycles. The smallest absolute Gasteiger partial charge is 0.311 e. The van der Waals surface area contributed by atoms with Crippen molar-refractivity contribution in [3.05, 3.63) is 24.3 Å². The molecule has 1 rings (SSSR count). The largest absolute Gasteiger partial charge is 0.497 e. The first kappa shape index (κ1) is 14.6. The fourth-order valence-corrected chi connectivity index (χ4v) is 1.70. The minimum Gasteiger partial charge on any atom is -0.497 e. The Hall–Kier alpha value is -1.51. The van der Waals surface area contributed by atoms with Crippen molar-refractivity contribution >= 4 is 5.97 Å². The predicted octanol–water partition coefficient (Wildman–Crippen LogP) is 3.96. The quantitative estimate of drug-likeness (QED) is 0.398. The SMILES string of the molecule is CCCCCCCC(=O)Oc1ccc(OC)cc1. The van der Waals surface area contributed by atoms with Gasteiger partial charge in [-0.3, -0.25) is 4.79 Å². The predicted molar refractivity (Wildman–Crippen MR) is 72.0 cm³/mol. The van der Waals surface area contributed by atoms with E-state index in [0.29, 0.717) is 12.2 Å². The molecule has 0 amide bonds. The highest BCUT2D eigenvalue weighted by molar-refractivity contribution is 5.72. The van der Waals surface area contributed by atoms with Gasteiger partial charge in [-0.1, -0.05) is 32.6 Å². The van der Waals surface area contributed by atoms with E-state index >= 15 is 0 Å². The van der Waals surface area contributed by atoms with Gasteiger partial charge in [0.25, 0.3) is 0 Å². The van der Waals surface area contributed by atoms with Crippen molar-refractivity contribution in [2.75, 3.05) is 7.11 Å². The summed E-state index contributed by atoms with van der Waals surface area (Å²) in [6, 6.07) is 7.05. The van der Waals surface area contributed by atoms with Crippen molar-refractivity contribution in [3.63, 3.8) is 0 Å². The van der Waals surface area contributed by atoms with Gasteiger partial charge in [0.2, 0.25) is 0 Å². The van der Waals surface area contributed by atoms with E-state index in [0.717, 1.165) is 18.6 Å². The summed E-state index contributed by atoms with van der Waals surface area (Å²) in [6.45, 7) is 2.18. The number of rotatable bonds is 8. The lowest BCUT2D eigenvalue weighted by Gasteiger charge is -2.05. The van der Waals surface area contributed by atoms with Crippen LogP contribution in [0, 0.1) is 0 Å². The van der Waals surface area contributed by atoms with Crippen molar-refractivity contribution in [1.82, 2.24) is 0 Å². The molecule has 0 spiro atoms. The van der Waals surface area contributed by atoms with Gasteiger partial charge < -0.3 is 9.47 Å². The molecule has 0 bridgehead atoms. The zero-order valence-corrected chi connectivity index (χ0v) is 11.3. The van der Waals surface area contributed by atoms with Crippen LogP contribution in [0.15, 0.2) is 24.3 Å². The molecule has 0 fully saturated rings. The summed E-state index contributed by atoms with van der Waals surface area (Å²) in [5, 5.41) is 0. The molecule has 0 heterocycles. The standard InChI is InChI=1S/C15H22O3/c1-3-4-5-6-7-8-15(16)18-14-11-9-13(17-2)10-12-14/h9-12H,3-8H2,1-2H3. The minimum atomic E-state index is -0.156. The number of carbonyl (C=O) groups excluding carboxylic acids is 1. The molecule has 0 radical (unpaired) electrons. The van der Waals surface area contributed by atoms with Crippen LogP contribution < -0.4 is 9.47 Å². The summed E-state index contributed by atoms with van der Waals surface area (Å²) in [5.41, 5.74) is 0. The average molecular weight is 250 g/mol. The maximum atomic E-state index is 11.5. The zero-order valence-electron chi connectivity index (χ0n) is 11.3. The van der Waals surface area contributed by atoms with Crippen molar-refractivity contribution < 1.29 is 14.3 Å². The molecule has 0 N–H and O–H groups in total. The van der Waals surface area contributed by atoms with E-state index in [2.05, 4.69) is 6.92 Å². The Labute approximate surface area is 109 Å². The molecule has 0 aliphatic rings. The third kappa shape index (κ3) is 5.71. The summed E-state index contributed by atoms with van der Waals surface area (Å²) < 4.78 is 10.3. The molecule has 3 heteroatoms. The number of benzene rings is 1. The molecule has 0 unspecified atom stereocenters. The van der Waals surface area contributed by atoms with Crippen LogP contribution in [0.1, 0.15) is 45.4 Å². The average Bonchev–Trinajstić information content (AvgIpc) is 2.39. The second-order valence-electron chi connectivity index (χ2n) is 4.31. The number of carbonyl (C=O) groups is 1. The lowest BCUT2D eigenvalue weighted by atomic mass is 10.1. The molecule has 0 saturated carbocycles. The fourth-order valence-electron chi connectivity index (χ4n) is 1.70. The molecule has 3 nitrogen and oxygen atoms in total. The first-order valence-corrected chi connectivity index (χ1v) is 6.61. The normalized spacial score (nSPS) is 10.1. The molecule has 1 aromatic rings. The lowest BCUT2D eigenvalue weighted by Crippen LogP contribution is -2.07. The van der Waals surface area contributed by atoms with E-state index in [1.54, 1.807) is 31.4 Å². The van der Waals surface area contributed by atoms with Gasteiger partial charge >= 0.3 is 5.97 Å². The second-order valence-corrected chi connectivity index (χ2v) is 4.31. The van der Waals surface area contributed by atoms with Gasteiger partial charge in [0.05, 0.1) is 7.11 Å². The van der Waals surface area contributed by atoms with Crippen LogP contribution in [0.4, 0.5) is 0 Å². The van der Waals surface area contributed by atoms with E-state index in [1.807, 2.05) is 0 Å². The maximum Gasteiger partial charge on any atom is 0.311 e. The topological polar surface area (TPSA) is 35.5 Å². The van der Waals surface area contributed by atoms with Crippen LogP contribution in [0.3, 0.4) is 0 Å². The van der Waals surface area contributed by atoms with E-state index in [4.69, 9.17) is 9.47 Å². The summed E-state index contributed by atoms with van der Waals surface area (Å²) in [4.78, 5) is 11.5. The molecule has 0 saturated heterocycles. The van der Waals surface area contributed by atoms with Crippen molar-refractivity contribution in [1.29, 1.82) is 0 Å². The summed E-state index contributed by atoms with van der Waals surface area (Å²) in [5.74, 6) is 1.18. The summed E-state index contributed by atoms with van der Waals surface area (Å²) in [6.07, 6.45) is 6.17. The van der Waals surface area contributed by atoms with Gasteiger partial charge in [-0.25, -0.2) is 0 Å². The highest BCUT2D eigenvalue weighted by Crippen LogP contribution is 2.17. The minimum absolute atomic E-state index is 0.156. The van der Waals surface area contributed by atoms with Crippen LogP contribution in [0.25, 0.3) is 0 Å². The number of ether oxygens (including phenoxy) is 2. The van der Waals surface area contributed by atoms with Crippen LogP contribution in [0.5, 0.6) is 11.5 Å². The lowest BCUT2D eigenvalue weighted by molar-refractivity contribution is -0.134. The van der Waals surface area contributed by atoms with Gasteiger partial charge in [-0.2, -0.15) is 0 Å². The molecule has 0 atom stereocenters. The highest BCUT2D eigenvalue weighted by atomic mass is 16.5. The van der Waals surface area contributed by atoms with Gasteiger partial charge in [-0.15, -0.1) is 0 Å². The molecule has 0 aromatic heterocycles. The van der Waals surface area contributed by atoms with Crippen LogP contribution in [0.2, 0.25) is 0 Å². The monoisotopic (exact) mass is 250 g/mol. The first-order chi connectivity index (χ1) is 8.76. The number of unbranched alkanes of at least 4 members (excludes halogenated alkanes) is 4. The molecule has 0 aliphatic heterocycles. The van der Waals surface area contributed by atoms with Crippen molar-refractivity contribution in [2.45, 2.75) is 45.4 Å². The van der Waals surface area contributed by atoms with Gasteiger partial charge in [0.15, 0.2) is 0 Å². The highest BCUT2D eigenvalue weighted by Gasteiger charge is 2.04. The number of hydrogen-bond donors (Lipinski definition) is 0. The summed E-state index contributed by atoms with van der Waals surface area (Å²) >= 11 is 0. The first-order valence-electron chi connectivity index (χ1n) is 6.61. The van der Waals surface area contributed by atoms with E-state index in [9.17, 15) is 4.79 Å². The number of methoxy groups -OCH3 is 1. The third-order valence-corrected chi connectivity index (χ3v) is 2.78. The Kier molecular flexibility index (Phi) is 6.92. The van der Waals surface area contributed by atoms with E-state index in [1.165, 1.54) is 19.3 Å². The molecule has 0 aliphatic carbocycles. The fraction of sp³-hybridized carbons (Fsp3) is 0.533. The summed E-state index contributed by atoms with van der Waals surface area (Å²) in [7, 11) is 1.61. The Balaban J connectivity index is 2.22. The Bertz CT molecular complexity index is 343. The van der Waals surface area contributed by atoms with E-state index in [-0.39, 0.29) is 5.97 Å². The van der Waals surface area contributed by atoms with Crippen molar-refractivity contribution in [2.24, 2.45) is 0 Å². The Morgan fingerprint density at radius 3 is 2.22 bits per heavy atom. The van der Waals surface area contributed by atoms with E-state index < -0.39 is 0 Å². The molecular formula is C15H22O3. The number of hydrogen-bond acceptors (Lipinski definition) is 3. The van der Waals surface area contributed by atoms with Crippen LogP contribution in [-0.2, 0) is 4.79 Å². The van der Waals surface area contributed by atoms with Crippen LogP contribution in [-0.4, -0.2) is 13.1 Å². The Morgan fingerprint density at radius 1 is 1.00 bits per heavy atom. The molecular weight excluding hydrogens is 228 g/mol. The molecule has 100 valence electrons. The number of esters is 1. The van der Waals surface area contributed by atoms with Crippen molar-refractivity contribution in [3.8, 4) is 11.5 Å². The van der Waals surface area contributed by atoms with Gasteiger partial charge in [-0.05, 0) is 30.7 Å². The third-order valence-electron chi connectivity index (χ3n) is 2.78. The zero-order chi connectivity index (χ0) is 13.2. The van der Waals surface area contributed by atoms with Crippen LogP contribution >= 0.6 is 0 Å². The maximum absolute atomic E-state index is 11.5. The second kappa shape index (κ2) is 8.56. The Morgan fingerprint density at radius 2 is 1.61 bits per heavy atom. The molecule has 18 heavy (non-hydrogen) atoms. The van der Waals surface area contributed by atoms with Gasteiger partial charge in [0.1, 0.15) is 11.5 Å². The van der Waals surface area contributed by atoms with Gasteiger partial charge in [0, 0.05) is 6.42 Å².